The monoisotopic (exact) mass is 280 g/mol. The van der Waals surface area contributed by atoms with Crippen LogP contribution in [0.5, 0.6) is 0 Å². The van der Waals surface area contributed by atoms with Gasteiger partial charge in [-0.25, -0.2) is 9.78 Å². The third kappa shape index (κ3) is 2.79. The summed E-state index contributed by atoms with van der Waals surface area (Å²) >= 11 is 1.17. The van der Waals surface area contributed by atoms with Crippen molar-refractivity contribution < 1.29 is 14.7 Å². The van der Waals surface area contributed by atoms with Gasteiger partial charge < -0.3 is 10.4 Å². The minimum absolute atomic E-state index is 0.412. The van der Waals surface area contributed by atoms with Crippen molar-refractivity contribution in [2.24, 2.45) is 7.05 Å². The molecule has 1 unspecified atom stereocenters. The minimum Gasteiger partial charge on any atom is -0.479 e. The maximum absolute atomic E-state index is 12.0. The van der Waals surface area contributed by atoms with E-state index < -0.39 is 17.9 Å². The maximum Gasteiger partial charge on any atom is 0.331 e. The summed E-state index contributed by atoms with van der Waals surface area (Å²) in [4.78, 5) is 27.6. The standard InChI is InChI=1S/C11H12N4O3S/c1-6-9(19-5-12-6)10(16)14-8(11(17)18)7-3-13-15(2)4-7/h3-5,8H,1-2H3,(H,14,16)(H,17,18). The molecule has 0 bridgehead atoms. The Bertz CT molecular complexity index is 619. The molecule has 0 aromatic carbocycles. The number of hydrogen-bond donors (Lipinski definition) is 2. The number of carboxylic acid groups (broad SMARTS) is 1. The number of rotatable bonds is 4. The van der Waals surface area contributed by atoms with Gasteiger partial charge in [-0.3, -0.25) is 9.48 Å². The predicted molar refractivity (Wildman–Crippen MR) is 67.9 cm³/mol. The Hall–Kier alpha value is -2.22. The number of aliphatic carboxylic acids is 1. The fraction of sp³-hybridized carbons (Fsp3) is 0.273. The van der Waals surface area contributed by atoms with Crippen molar-refractivity contribution >= 4 is 23.2 Å². The molecule has 2 rings (SSSR count). The van der Waals surface area contributed by atoms with E-state index in [-0.39, 0.29) is 0 Å². The van der Waals surface area contributed by atoms with Gasteiger partial charge >= 0.3 is 5.97 Å². The van der Waals surface area contributed by atoms with Crippen LogP contribution in [-0.2, 0) is 11.8 Å². The van der Waals surface area contributed by atoms with Gasteiger partial charge in [0.15, 0.2) is 6.04 Å². The highest BCUT2D eigenvalue weighted by molar-refractivity contribution is 7.11. The number of nitrogens with zero attached hydrogens (tertiary/aromatic N) is 3. The summed E-state index contributed by atoms with van der Waals surface area (Å²) in [7, 11) is 1.68. The summed E-state index contributed by atoms with van der Waals surface area (Å²) in [5.74, 6) is -1.58. The molecular formula is C11H12N4O3S. The molecule has 100 valence electrons. The van der Waals surface area contributed by atoms with Crippen LogP contribution >= 0.6 is 11.3 Å². The van der Waals surface area contributed by atoms with Crippen LogP contribution in [0.4, 0.5) is 0 Å². The Morgan fingerprint density at radius 3 is 2.74 bits per heavy atom. The van der Waals surface area contributed by atoms with Crippen molar-refractivity contribution in [2.45, 2.75) is 13.0 Å². The summed E-state index contributed by atoms with van der Waals surface area (Å²) in [6.45, 7) is 1.70. The Morgan fingerprint density at radius 1 is 1.53 bits per heavy atom. The van der Waals surface area contributed by atoms with E-state index in [4.69, 9.17) is 0 Å². The van der Waals surface area contributed by atoms with Gasteiger partial charge in [0, 0.05) is 18.8 Å². The number of carboxylic acids is 1. The van der Waals surface area contributed by atoms with E-state index in [0.717, 1.165) is 0 Å². The van der Waals surface area contributed by atoms with Crippen LogP contribution in [0.25, 0.3) is 0 Å². The molecule has 0 fully saturated rings. The molecule has 0 saturated heterocycles. The third-order valence-electron chi connectivity index (χ3n) is 2.53. The molecule has 0 saturated carbocycles. The lowest BCUT2D eigenvalue weighted by Crippen LogP contribution is -2.33. The molecule has 2 heterocycles. The lowest BCUT2D eigenvalue weighted by Gasteiger charge is -2.12. The third-order valence-corrected chi connectivity index (χ3v) is 3.46. The number of aryl methyl sites for hydroxylation is 2. The van der Waals surface area contributed by atoms with Gasteiger partial charge in [0.2, 0.25) is 0 Å². The van der Waals surface area contributed by atoms with Crippen LogP contribution in [0.3, 0.4) is 0 Å². The number of aromatic nitrogens is 3. The Kier molecular flexibility index (Phi) is 3.61. The quantitative estimate of drug-likeness (QED) is 0.861. The molecule has 19 heavy (non-hydrogen) atoms. The van der Waals surface area contributed by atoms with Crippen LogP contribution < -0.4 is 5.32 Å². The van der Waals surface area contributed by atoms with Crippen molar-refractivity contribution in [3.63, 3.8) is 0 Å². The topological polar surface area (TPSA) is 97.1 Å². The molecule has 8 heteroatoms. The molecule has 2 aromatic heterocycles. The molecule has 0 aliphatic rings. The van der Waals surface area contributed by atoms with E-state index in [1.54, 1.807) is 25.7 Å². The average Bonchev–Trinajstić information content (AvgIpc) is 2.94. The molecule has 0 aliphatic carbocycles. The first-order chi connectivity index (χ1) is 8.99. The van der Waals surface area contributed by atoms with Crippen molar-refractivity contribution in [3.8, 4) is 0 Å². The fourth-order valence-corrected chi connectivity index (χ4v) is 2.30. The molecule has 0 radical (unpaired) electrons. The first-order valence-corrected chi connectivity index (χ1v) is 6.29. The normalized spacial score (nSPS) is 12.1. The molecule has 2 N–H and O–H groups in total. The molecule has 1 atom stereocenters. The second-order valence-corrected chi connectivity index (χ2v) is 4.81. The number of amides is 1. The number of carbonyl (C=O) groups excluding carboxylic acids is 1. The van der Waals surface area contributed by atoms with Crippen molar-refractivity contribution in [1.29, 1.82) is 0 Å². The van der Waals surface area contributed by atoms with Gasteiger partial charge in [-0.05, 0) is 6.92 Å². The second-order valence-electron chi connectivity index (χ2n) is 3.96. The van der Waals surface area contributed by atoms with Gasteiger partial charge in [0.25, 0.3) is 5.91 Å². The van der Waals surface area contributed by atoms with Crippen molar-refractivity contribution in [3.05, 3.63) is 34.0 Å². The first kappa shape index (κ1) is 13.2. The van der Waals surface area contributed by atoms with Gasteiger partial charge in [-0.15, -0.1) is 11.3 Å². The van der Waals surface area contributed by atoms with E-state index in [0.29, 0.717) is 16.1 Å². The molecule has 1 amide bonds. The van der Waals surface area contributed by atoms with Crippen LogP contribution in [-0.4, -0.2) is 31.7 Å². The van der Waals surface area contributed by atoms with Crippen LogP contribution in [0.1, 0.15) is 27.0 Å². The highest BCUT2D eigenvalue weighted by Gasteiger charge is 2.25. The van der Waals surface area contributed by atoms with Crippen molar-refractivity contribution in [1.82, 2.24) is 20.1 Å². The zero-order valence-corrected chi connectivity index (χ0v) is 11.1. The van der Waals surface area contributed by atoms with Gasteiger partial charge in [-0.1, -0.05) is 0 Å². The lowest BCUT2D eigenvalue weighted by atomic mass is 10.1. The molecule has 2 aromatic rings. The summed E-state index contributed by atoms with van der Waals surface area (Å²) in [5, 5.41) is 15.6. The minimum atomic E-state index is -1.14. The summed E-state index contributed by atoms with van der Waals surface area (Å²) < 4.78 is 1.48. The number of hydrogen-bond acceptors (Lipinski definition) is 5. The van der Waals surface area contributed by atoms with Crippen LogP contribution in [0.15, 0.2) is 17.9 Å². The highest BCUT2D eigenvalue weighted by atomic mass is 32.1. The fourth-order valence-electron chi connectivity index (χ4n) is 1.59. The molecule has 7 nitrogen and oxygen atoms in total. The van der Waals surface area contributed by atoms with E-state index in [2.05, 4.69) is 15.4 Å². The summed E-state index contributed by atoms with van der Waals surface area (Å²) in [6, 6.07) is -1.12. The Morgan fingerprint density at radius 2 is 2.26 bits per heavy atom. The lowest BCUT2D eigenvalue weighted by molar-refractivity contribution is -0.139. The molecule has 0 spiro atoms. The SMILES string of the molecule is Cc1ncsc1C(=O)NC(C(=O)O)c1cnn(C)c1. The van der Waals surface area contributed by atoms with E-state index in [1.165, 1.54) is 22.2 Å². The van der Waals surface area contributed by atoms with Gasteiger partial charge in [0.1, 0.15) is 4.88 Å². The number of nitrogens with one attached hydrogen (secondary N) is 1. The molecular weight excluding hydrogens is 268 g/mol. The zero-order valence-electron chi connectivity index (χ0n) is 10.3. The van der Waals surface area contributed by atoms with E-state index >= 15 is 0 Å². The van der Waals surface area contributed by atoms with Crippen LogP contribution in [0.2, 0.25) is 0 Å². The second kappa shape index (κ2) is 5.19. The average molecular weight is 280 g/mol. The summed E-state index contributed by atoms with van der Waals surface area (Å²) in [6.07, 6.45) is 2.97. The predicted octanol–water partition coefficient (Wildman–Crippen LogP) is 0.741. The van der Waals surface area contributed by atoms with Gasteiger partial charge in [0.05, 0.1) is 17.4 Å². The molecule has 0 aliphatic heterocycles. The maximum atomic E-state index is 12.0. The summed E-state index contributed by atoms with van der Waals surface area (Å²) in [5.41, 5.74) is 2.55. The van der Waals surface area contributed by atoms with Crippen LogP contribution in [0, 0.1) is 6.92 Å². The Labute approximate surface area is 112 Å². The van der Waals surface area contributed by atoms with E-state index in [1.807, 2.05) is 0 Å². The smallest absolute Gasteiger partial charge is 0.331 e. The van der Waals surface area contributed by atoms with Gasteiger partial charge in [-0.2, -0.15) is 5.10 Å². The Balaban J connectivity index is 2.21. The highest BCUT2D eigenvalue weighted by Crippen LogP contribution is 2.16. The number of thiazole rings is 1. The van der Waals surface area contributed by atoms with Crippen molar-refractivity contribution in [2.75, 3.05) is 0 Å². The largest absolute Gasteiger partial charge is 0.479 e. The first-order valence-electron chi connectivity index (χ1n) is 5.41. The zero-order chi connectivity index (χ0) is 14.0. The van der Waals surface area contributed by atoms with E-state index in [9.17, 15) is 14.7 Å². The number of carbonyl (C=O) groups is 2.